The lowest BCUT2D eigenvalue weighted by Gasteiger charge is -2.38. The number of aromatic amines is 1. The molecule has 3 aromatic heterocycles. The molecule has 0 amide bonds. The van der Waals surface area contributed by atoms with E-state index in [0.717, 1.165) is 22.5 Å². The predicted molar refractivity (Wildman–Crippen MR) is 126 cm³/mol. The maximum Gasteiger partial charge on any atom is 0.419 e. The number of benzene rings is 1. The number of nitrogens with zero attached hydrogens (tertiary/aromatic N) is 4. The zero-order valence-electron chi connectivity index (χ0n) is 18.9. The Hall–Kier alpha value is -3.54. The minimum atomic E-state index is -4.78. The summed E-state index contributed by atoms with van der Waals surface area (Å²) < 4.78 is 59.4. The Morgan fingerprint density at radius 1 is 1.14 bits per heavy atom. The van der Waals surface area contributed by atoms with Gasteiger partial charge in [0.1, 0.15) is 22.2 Å². The van der Waals surface area contributed by atoms with Crippen molar-refractivity contribution in [2.75, 3.05) is 5.32 Å². The summed E-state index contributed by atoms with van der Waals surface area (Å²) in [5.74, 6) is -0.340. The fourth-order valence-electron chi connectivity index (χ4n) is 4.59. The number of pyridine rings is 1. The average molecular weight is 519 g/mol. The number of H-pyrrole nitrogens is 1. The van der Waals surface area contributed by atoms with Crippen molar-refractivity contribution in [3.63, 3.8) is 0 Å². The molecule has 188 valence electrons. The summed E-state index contributed by atoms with van der Waals surface area (Å²) in [6, 6.07) is 8.79. The number of nitrogens with one attached hydrogen (secondary N) is 2. The van der Waals surface area contributed by atoms with Crippen molar-refractivity contribution in [1.29, 1.82) is 0 Å². The lowest BCUT2D eigenvalue weighted by atomic mass is 9.70. The first-order valence-corrected chi connectivity index (χ1v) is 12.2. The summed E-state index contributed by atoms with van der Waals surface area (Å²) in [7, 11) is 0. The zero-order chi connectivity index (χ0) is 25.2. The van der Waals surface area contributed by atoms with Crippen LogP contribution < -0.4 is 10.1 Å². The van der Waals surface area contributed by atoms with Crippen molar-refractivity contribution in [2.45, 2.75) is 49.8 Å². The molecule has 1 aliphatic carbocycles. The quantitative estimate of drug-likeness (QED) is 0.289. The van der Waals surface area contributed by atoms with Crippen LogP contribution >= 0.6 is 11.3 Å². The van der Waals surface area contributed by atoms with Crippen LogP contribution in [0.4, 0.5) is 29.2 Å². The highest BCUT2D eigenvalue weighted by molar-refractivity contribution is 7.09. The van der Waals surface area contributed by atoms with Crippen molar-refractivity contribution < 1.29 is 22.3 Å². The standard InChI is InChI=1S/C24H22F4N6OS/c25-21-17(24(26,27)28)2-1-3-18(21)35-16-6-9-23(10-7-16,22-34-31-14-36-22)12-15-4-5-19(29-13-15)32-20-8-11-30-33-20/h1-5,8,11,13-14,16H,6-7,9-10,12H2,(H2,29,30,32,33). The summed E-state index contributed by atoms with van der Waals surface area (Å²) in [6.07, 6.45) is 1.37. The van der Waals surface area contributed by atoms with Crippen LogP contribution in [0.5, 0.6) is 5.75 Å². The third-order valence-corrected chi connectivity index (χ3v) is 7.33. The number of anilines is 2. The van der Waals surface area contributed by atoms with Crippen LogP contribution in [0.15, 0.2) is 54.3 Å². The first kappa shape index (κ1) is 24.2. The Balaban J connectivity index is 1.29. The number of hydrogen-bond acceptors (Lipinski definition) is 7. The molecule has 1 aromatic carbocycles. The van der Waals surface area contributed by atoms with Gasteiger partial charge in [-0.05, 0) is 55.9 Å². The van der Waals surface area contributed by atoms with Crippen molar-refractivity contribution in [3.05, 3.63) is 76.3 Å². The predicted octanol–water partition coefficient (Wildman–Crippen LogP) is 6.06. The van der Waals surface area contributed by atoms with E-state index in [1.807, 2.05) is 18.3 Å². The molecule has 0 unspecified atom stereocenters. The molecule has 4 aromatic rings. The minimum absolute atomic E-state index is 0.312. The highest BCUT2D eigenvalue weighted by Gasteiger charge is 2.41. The van der Waals surface area contributed by atoms with Gasteiger partial charge in [0.2, 0.25) is 0 Å². The lowest BCUT2D eigenvalue weighted by molar-refractivity contribution is -0.140. The Bertz CT molecular complexity index is 1270. The fourth-order valence-corrected chi connectivity index (χ4v) is 5.40. The molecule has 0 aliphatic heterocycles. The first-order valence-electron chi connectivity index (χ1n) is 11.3. The van der Waals surface area contributed by atoms with E-state index in [4.69, 9.17) is 4.74 Å². The SMILES string of the molecule is Fc1c(OC2CCC(Cc3ccc(Nc4ccn[nH]4)nc3)(c3nncs3)CC2)cccc1C(F)(F)F. The lowest BCUT2D eigenvalue weighted by Crippen LogP contribution is -2.37. The van der Waals surface area contributed by atoms with Crippen molar-refractivity contribution in [3.8, 4) is 5.75 Å². The van der Waals surface area contributed by atoms with Gasteiger partial charge in [-0.3, -0.25) is 5.10 Å². The first-order chi connectivity index (χ1) is 17.3. The van der Waals surface area contributed by atoms with Gasteiger partial charge < -0.3 is 10.1 Å². The minimum Gasteiger partial charge on any atom is -0.487 e. The molecule has 1 aliphatic rings. The molecule has 7 nitrogen and oxygen atoms in total. The molecule has 2 N–H and O–H groups in total. The molecule has 5 rings (SSSR count). The Labute approximate surface area is 208 Å². The van der Waals surface area contributed by atoms with E-state index in [2.05, 4.69) is 30.7 Å². The van der Waals surface area contributed by atoms with E-state index in [-0.39, 0.29) is 11.2 Å². The third-order valence-electron chi connectivity index (χ3n) is 6.40. The molecular formula is C24H22F4N6OS. The van der Waals surface area contributed by atoms with E-state index in [0.29, 0.717) is 44.0 Å². The number of hydrogen-bond donors (Lipinski definition) is 2. The van der Waals surface area contributed by atoms with Crippen LogP contribution in [0, 0.1) is 5.82 Å². The maximum atomic E-state index is 14.5. The second-order valence-electron chi connectivity index (χ2n) is 8.78. The molecule has 0 radical (unpaired) electrons. The topological polar surface area (TPSA) is 88.6 Å². The summed E-state index contributed by atoms with van der Waals surface area (Å²) in [5, 5.41) is 19.1. The molecule has 0 atom stereocenters. The van der Waals surface area contributed by atoms with E-state index in [1.165, 1.54) is 17.4 Å². The van der Waals surface area contributed by atoms with Gasteiger partial charge in [-0.15, -0.1) is 21.5 Å². The number of rotatable bonds is 7. The smallest absolute Gasteiger partial charge is 0.419 e. The van der Waals surface area contributed by atoms with Crippen LogP contribution in [-0.2, 0) is 18.0 Å². The molecule has 36 heavy (non-hydrogen) atoms. The van der Waals surface area contributed by atoms with Crippen LogP contribution in [-0.4, -0.2) is 31.5 Å². The highest BCUT2D eigenvalue weighted by Crippen LogP contribution is 2.44. The normalized spacial score (nSPS) is 20.3. The molecule has 1 saturated carbocycles. The molecule has 0 saturated heterocycles. The summed E-state index contributed by atoms with van der Waals surface area (Å²) >= 11 is 1.47. The van der Waals surface area contributed by atoms with E-state index in [9.17, 15) is 17.6 Å². The second kappa shape index (κ2) is 9.84. The highest BCUT2D eigenvalue weighted by atomic mass is 32.1. The molecule has 3 heterocycles. The summed E-state index contributed by atoms with van der Waals surface area (Å²) in [5.41, 5.74) is 1.07. The Morgan fingerprint density at radius 2 is 1.97 bits per heavy atom. The van der Waals surface area contributed by atoms with Gasteiger partial charge in [-0.1, -0.05) is 12.1 Å². The molecule has 0 spiro atoms. The van der Waals surface area contributed by atoms with Gasteiger partial charge in [0.05, 0.1) is 17.9 Å². The fraction of sp³-hybridized carbons (Fsp3) is 0.333. The molecule has 0 bridgehead atoms. The van der Waals surface area contributed by atoms with E-state index in [1.54, 1.807) is 17.8 Å². The van der Waals surface area contributed by atoms with Crippen molar-refractivity contribution >= 4 is 23.0 Å². The van der Waals surface area contributed by atoms with E-state index >= 15 is 0 Å². The van der Waals surface area contributed by atoms with E-state index < -0.39 is 23.7 Å². The average Bonchev–Trinajstić information content (AvgIpc) is 3.57. The molecule has 1 fully saturated rings. The van der Waals surface area contributed by atoms with Crippen LogP contribution in [0.25, 0.3) is 0 Å². The number of alkyl halides is 3. The molecular weight excluding hydrogens is 496 g/mol. The van der Waals surface area contributed by atoms with Gasteiger partial charge >= 0.3 is 6.18 Å². The van der Waals surface area contributed by atoms with Crippen LogP contribution in [0.3, 0.4) is 0 Å². The number of aromatic nitrogens is 5. The largest absolute Gasteiger partial charge is 0.487 e. The number of halogens is 4. The Morgan fingerprint density at radius 3 is 2.61 bits per heavy atom. The monoisotopic (exact) mass is 518 g/mol. The van der Waals surface area contributed by atoms with Crippen LogP contribution in [0.2, 0.25) is 0 Å². The van der Waals surface area contributed by atoms with Crippen molar-refractivity contribution in [2.24, 2.45) is 0 Å². The summed E-state index contributed by atoms with van der Waals surface area (Å²) in [6.45, 7) is 0. The Kier molecular flexibility index (Phi) is 6.61. The molecule has 12 heteroatoms. The van der Waals surface area contributed by atoms with Gasteiger partial charge in [0.25, 0.3) is 0 Å². The van der Waals surface area contributed by atoms with Gasteiger partial charge in [-0.2, -0.15) is 18.3 Å². The third kappa shape index (κ3) is 5.18. The van der Waals surface area contributed by atoms with Crippen LogP contribution in [0.1, 0.15) is 41.8 Å². The second-order valence-corrected chi connectivity index (χ2v) is 9.61. The van der Waals surface area contributed by atoms with Crippen molar-refractivity contribution in [1.82, 2.24) is 25.4 Å². The zero-order valence-corrected chi connectivity index (χ0v) is 19.7. The maximum absolute atomic E-state index is 14.5. The van der Waals surface area contributed by atoms with Gasteiger partial charge in [0.15, 0.2) is 11.6 Å². The summed E-state index contributed by atoms with van der Waals surface area (Å²) in [4.78, 5) is 4.49. The van der Waals surface area contributed by atoms with Gasteiger partial charge in [-0.25, -0.2) is 9.37 Å². The van der Waals surface area contributed by atoms with Gasteiger partial charge in [0, 0.05) is 17.7 Å². The number of ether oxygens (including phenoxy) is 1.